The molecule has 0 radical (unpaired) electrons. The summed E-state index contributed by atoms with van der Waals surface area (Å²) in [5.74, 6) is 2.11. The van der Waals surface area contributed by atoms with Crippen molar-refractivity contribution >= 4 is 35.4 Å². The number of hydrogen-bond donors (Lipinski definition) is 1. The highest BCUT2D eigenvalue weighted by Gasteiger charge is 2.23. The summed E-state index contributed by atoms with van der Waals surface area (Å²) in [6.45, 7) is 5.43. The molecule has 6 heteroatoms. The molecule has 0 aromatic carbocycles. The van der Waals surface area contributed by atoms with Crippen molar-refractivity contribution in [2.45, 2.75) is 37.4 Å². The van der Waals surface area contributed by atoms with E-state index in [2.05, 4.69) is 5.32 Å². The summed E-state index contributed by atoms with van der Waals surface area (Å²) in [6, 6.07) is 0. The van der Waals surface area contributed by atoms with Crippen molar-refractivity contribution in [2.24, 2.45) is 0 Å². The molecular formula is C11H19NO3S2. The van der Waals surface area contributed by atoms with E-state index in [1.54, 1.807) is 44.3 Å². The quantitative estimate of drug-likeness (QED) is 0.857. The minimum Gasteiger partial charge on any atom is -0.444 e. The van der Waals surface area contributed by atoms with E-state index in [4.69, 9.17) is 4.74 Å². The van der Waals surface area contributed by atoms with Gasteiger partial charge in [-0.1, -0.05) is 0 Å². The molecule has 1 aliphatic heterocycles. The third-order valence-corrected chi connectivity index (χ3v) is 4.89. The van der Waals surface area contributed by atoms with Crippen LogP contribution in [0, 0.1) is 0 Å². The largest absolute Gasteiger partial charge is 0.444 e. The summed E-state index contributed by atoms with van der Waals surface area (Å²) in [5, 5.41) is 2.50. The Bertz CT molecular complexity index is 283. The second kappa shape index (κ2) is 6.54. The lowest BCUT2D eigenvalue weighted by atomic mass is 10.2. The second-order valence-electron chi connectivity index (χ2n) is 4.75. The van der Waals surface area contributed by atoms with E-state index in [9.17, 15) is 9.59 Å². The zero-order valence-electron chi connectivity index (χ0n) is 10.4. The van der Waals surface area contributed by atoms with Crippen LogP contribution in [0.15, 0.2) is 0 Å². The molecule has 0 atom stereocenters. The SMILES string of the molecule is CC(C)(C)OC(=O)NCC(=O)C1SCCCS1. The number of carbonyl (C=O) groups is 2. The van der Waals surface area contributed by atoms with E-state index in [0.29, 0.717) is 0 Å². The average Bonchev–Trinajstić information content (AvgIpc) is 2.25. The van der Waals surface area contributed by atoms with Crippen molar-refractivity contribution in [3.63, 3.8) is 0 Å². The minimum absolute atomic E-state index is 0.0290. The first-order chi connectivity index (χ1) is 7.88. The molecule has 1 N–H and O–H groups in total. The molecule has 0 aromatic heterocycles. The van der Waals surface area contributed by atoms with E-state index in [0.717, 1.165) is 17.9 Å². The van der Waals surface area contributed by atoms with Crippen molar-refractivity contribution in [2.75, 3.05) is 18.1 Å². The first-order valence-corrected chi connectivity index (χ1v) is 7.71. The number of carbonyl (C=O) groups excluding carboxylic acids is 2. The summed E-state index contributed by atoms with van der Waals surface area (Å²) in [5.41, 5.74) is -0.526. The number of alkyl carbamates (subject to hydrolysis) is 1. The van der Waals surface area contributed by atoms with Gasteiger partial charge in [0.1, 0.15) is 10.2 Å². The van der Waals surface area contributed by atoms with E-state index >= 15 is 0 Å². The van der Waals surface area contributed by atoms with Crippen LogP contribution in [-0.4, -0.2) is 40.1 Å². The van der Waals surface area contributed by atoms with Crippen molar-refractivity contribution in [1.82, 2.24) is 5.32 Å². The van der Waals surface area contributed by atoms with Gasteiger partial charge >= 0.3 is 6.09 Å². The Balaban J connectivity index is 2.25. The van der Waals surface area contributed by atoms with Crippen LogP contribution >= 0.6 is 23.5 Å². The Labute approximate surface area is 111 Å². The van der Waals surface area contributed by atoms with Gasteiger partial charge in [0.15, 0.2) is 5.78 Å². The van der Waals surface area contributed by atoms with Gasteiger partial charge in [0.25, 0.3) is 0 Å². The zero-order chi connectivity index (χ0) is 12.9. The average molecular weight is 277 g/mol. The van der Waals surface area contributed by atoms with Gasteiger partial charge in [-0.05, 0) is 38.7 Å². The van der Waals surface area contributed by atoms with Crippen LogP contribution in [0.1, 0.15) is 27.2 Å². The molecule has 0 bridgehead atoms. The number of ether oxygens (including phenoxy) is 1. The number of Topliss-reactive ketones (excluding diaryl/α,β-unsaturated/α-hetero) is 1. The first kappa shape index (κ1) is 14.7. The van der Waals surface area contributed by atoms with Crippen LogP contribution in [0.4, 0.5) is 4.79 Å². The Hall–Kier alpha value is -0.360. The van der Waals surface area contributed by atoms with Gasteiger partial charge in [0.2, 0.25) is 0 Å². The van der Waals surface area contributed by atoms with Crippen molar-refractivity contribution in [3.05, 3.63) is 0 Å². The lowest BCUT2D eigenvalue weighted by molar-refractivity contribution is -0.116. The lowest BCUT2D eigenvalue weighted by Crippen LogP contribution is -2.37. The Morgan fingerprint density at radius 1 is 1.29 bits per heavy atom. The maximum Gasteiger partial charge on any atom is 0.408 e. The summed E-state index contributed by atoms with van der Waals surface area (Å²) in [6.07, 6.45) is 0.621. The third kappa shape index (κ3) is 6.21. The summed E-state index contributed by atoms with van der Waals surface area (Å²) in [7, 11) is 0. The molecule has 1 heterocycles. The molecule has 0 spiro atoms. The van der Waals surface area contributed by atoms with Gasteiger partial charge in [-0.15, -0.1) is 23.5 Å². The molecule has 0 aromatic rings. The number of hydrogen-bond acceptors (Lipinski definition) is 5. The number of rotatable bonds is 3. The Kier molecular flexibility index (Phi) is 5.66. The molecule has 1 rings (SSSR count). The molecule has 4 nitrogen and oxygen atoms in total. The molecule has 0 aliphatic carbocycles. The molecule has 17 heavy (non-hydrogen) atoms. The second-order valence-corrected chi connectivity index (χ2v) is 7.47. The normalized spacial score (nSPS) is 17.6. The number of ketones is 1. The molecular weight excluding hydrogens is 258 g/mol. The smallest absolute Gasteiger partial charge is 0.408 e. The predicted octanol–water partition coefficient (Wildman–Crippen LogP) is 2.28. The standard InChI is InChI=1S/C11H19NO3S2/c1-11(2,3)15-10(14)12-7-8(13)9-16-5-4-6-17-9/h9H,4-7H2,1-3H3,(H,12,14). The molecule has 1 aliphatic rings. The maximum absolute atomic E-state index is 11.8. The van der Waals surface area contributed by atoms with Crippen LogP contribution in [0.2, 0.25) is 0 Å². The highest BCUT2D eigenvalue weighted by Crippen LogP contribution is 2.30. The number of thioether (sulfide) groups is 2. The van der Waals surface area contributed by atoms with Crippen LogP contribution in [-0.2, 0) is 9.53 Å². The van der Waals surface area contributed by atoms with E-state index in [-0.39, 0.29) is 16.9 Å². The van der Waals surface area contributed by atoms with Gasteiger partial charge in [0.05, 0.1) is 6.54 Å². The van der Waals surface area contributed by atoms with Crippen molar-refractivity contribution in [1.29, 1.82) is 0 Å². The zero-order valence-corrected chi connectivity index (χ0v) is 12.1. The van der Waals surface area contributed by atoms with E-state index in [1.165, 1.54) is 0 Å². The topological polar surface area (TPSA) is 55.4 Å². The summed E-state index contributed by atoms with van der Waals surface area (Å²) < 4.78 is 5.03. The van der Waals surface area contributed by atoms with Gasteiger partial charge < -0.3 is 10.1 Å². The van der Waals surface area contributed by atoms with Gasteiger partial charge in [-0.25, -0.2) is 4.79 Å². The van der Waals surface area contributed by atoms with E-state index < -0.39 is 11.7 Å². The molecule has 0 saturated carbocycles. The van der Waals surface area contributed by atoms with Crippen LogP contribution in [0.3, 0.4) is 0 Å². The summed E-state index contributed by atoms with van der Waals surface area (Å²) in [4.78, 5) is 23.1. The maximum atomic E-state index is 11.8. The molecule has 1 amide bonds. The van der Waals surface area contributed by atoms with Crippen molar-refractivity contribution < 1.29 is 14.3 Å². The minimum atomic E-state index is -0.531. The Morgan fingerprint density at radius 2 is 1.88 bits per heavy atom. The highest BCUT2D eigenvalue weighted by molar-refractivity contribution is 8.18. The van der Waals surface area contributed by atoms with Gasteiger partial charge in [-0.2, -0.15) is 0 Å². The summed E-state index contributed by atoms with van der Waals surface area (Å²) >= 11 is 3.31. The van der Waals surface area contributed by atoms with Gasteiger partial charge in [-0.3, -0.25) is 4.79 Å². The molecule has 98 valence electrons. The molecule has 1 saturated heterocycles. The Morgan fingerprint density at radius 3 is 2.41 bits per heavy atom. The lowest BCUT2D eigenvalue weighted by Gasteiger charge is -2.21. The first-order valence-electron chi connectivity index (χ1n) is 5.61. The van der Waals surface area contributed by atoms with E-state index in [1.807, 2.05) is 0 Å². The number of amides is 1. The van der Waals surface area contributed by atoms with Crippen LogP contribution in [0.5, 0.6) is 0 Å². The van der Waals surface area contributed by atoms with Crippen molar-refractivity contribution in [3.8, 4) is 0 Å². The molecule has 0 unspecified atom stereocenters. The highest BCUT2D eigenvalue weighted by atomic mass is 32.2. The third-order valence-electron chi connectivity index (χ3n) is 1.90. The monoisotopic (exact) mass is 277 g/mol. The number of nitrogens with one attached hydrogen (secondary N) is 1. The fourth-order valence-corrected chi connectivity index (χ4v) is 3.96. The van der Waals surface area contributed by atoms with Crippen LogP contribution in [0.25, 0.3) is 0 Å². The predicted molar refractivity (Wildman–Crippen MR) is 72.6 cm³/mol. The molecule has 1 fully saturated rings. The van der Waals surface area contributed by atoms with Gasteiger partial charge in [0, 0.05) is 0 Å². The fraction of sp³-hybridized carbons (Fsp3) is 0.818. The fourth-order valence-electron chi connectivity index (χ4n) is 1.23. The van der Waals surface area contributed by atoms with Crippen LogP contribution < -0.4 is 5.32 Å².